The van der Waals surface area contributed by atoms with Crippen molar-refractivity contribution in [1.82, 2.24) is 10.7 Å². The van der Waals surface area contributed by atoms with Gasteiger partial charge in [0, 0.05) is 5.56 Å². The summed E-state index contributed by atoms with van der Waals surface area (Å²) in [5, 5.41) is 4.02. The Morgan fingerprint density at radius 1 is 0.971 bits per heavy atom. The molecular formula is C28H29N3O4. The summed E-state index contributed by atoms with van der Waals surface area (Å²) in [6.07, 6.45) is 0.127. The summed E-state index contributed by atoms with van der Waals surface area (Å²) in [5.74, 6) is -0.734. The Labute approximate surface area is 205 Å². The van der Waals surface area contributed by atoms with Crippen LogP contribution in [0.5, 0.6) is 5.75 Å². The van der Waals surface area contributed by atoms with Crippen LogP contribution in [0.2, 0.25) is 0 Å². The maximum Gasteiger partial charge on any atom is 0.261 e. The molecule has 2 N–H and O–H groups in total. The molecule has 180 valence electrons. The molecule has 3 aromatic carbocycles. The van der Waals surface area contributed by atoms with E-state index in [9.17, 15) is 14.4 Å². The van der Waals surface area contributed by atoms with Gasteiger partial charge in [0.2, 0.25) is 5.91 Å². The van der Waals surface area contributed by atoms with Gasteiger partial charge in [0.25, 0.3) is 11.8 Å². The largest absolute Gasteiger partial charge is 0.494 e. The molecule has 0 saturated carbocycles. The number of amides is 3. The Morgan fingerprint density at radius 3 is 2.34 bits per heavy atom. The lowest BCUT2D eigenvalue weighted by Crippen LogP contribution is -2.54. The summed E-state index contributed by atoms with van der Waals surface area (Å²) in [7, 11) is 0. The number of rotatable bonds is 7. The Hall–Kier alpha value is -4.13. The van der Waals surface area contributed by atoms with Crippen LogP contribution in [0.1, 0.15) is 37.8 Å². The number of hydrogen-bond donors (Lipinski definition) is 2. The monoisotopic (exact) mass is 471 g/mol. The number of benzene rings is 3. The van der Waals surface area contributed by atoms with Gasteiger partial charge in [-0.3, -0.25) is 19.8 Å². The zero-order valence-electron chi connectivity index (χ0n) is 20.1. The second-order valence-electron chi connectivity index (χ2n) is 8.52. The van der Waals surface area contributed by atoms with Crippen molar-refractivity contribution in [2.75, 3.05) is 11.6 Å². The van der Waals surface area contributed by atoms with Gasteiger partial charge >= 0.3 is 0 Å². The van der Waals surface area contributed by atoms with Crippen molar-refractivity contribution < 1.29 is 19.1 Å². The predicted molar refractivity (Wildman–Crippen MR) is 135 cm³/mol. The zero-order valence-corrected chi connectivity index (χ0v) is 20.1. The lowest BCUT2D eigenvalue weighted by atomic mass is 9.92. The van der Waals surface area contributed by atoms with E-state index in [1.165, 1.54) is 5.01 Å². The summed E-state index contributed by atoms with van der Waals surface area (Å²) in [6, 6.07) is 21.6. The van der Waals surface area contributed by atoms with Gasteiger partial charge in [0.15, 0.2) is 0 Å². The summed E-state index contributed by atoms with van der Waals surface area (Å²) in [4.78, 5) is 39.0. The number of ether oxygens (including phenoxy) is 1. The van der Waals surface area contributed by atoms with Crippen LogP contribution in [0.25, 0.3) is 11.1 Å². The van der Waals surface area contributed by atoms with E-state index in [-0.39, 0.29) is 18.2 Å². The lowest BCUT2D eigenvalue weighted by Gasteiger charge is -2.27. The summed E-state index contributed by atoms with van der Waals surface area (Å²) in [5.41, 5.74) is 6.85. The van der Waals surface area contributed by atoms with Crippen LogP contribution < -0.4 is 20.5 Å². The molecule has 3 aromatic rings. The van der Waals surface area contributed by atoms with Gasteiger partial charge in [-0.2, -0.15) is 0 Å². The molecule has 0 radical (unpaired) electrons. The van der Waals surface area contributed by atoms with Crippen LogP contribution in [0.3, 0.4) is 0 Å². The van der Waals surface area contributed by atoms with Crippen LogP contribution in [-0.4, -0.2) is 30.4 Å². The van der Waals surface area contributed by atoms with E-state index in [1.807, 2.05) is 80.6 Å². The minimum absolute atomic E-state index is 0.127. The molecular weight excluding hydrogens is 442 g/mol. The fraction of sp³-hybridized carbons (Fsp3) is 0.250. The summed E-state index contributed by atoms with van der Waals surface area (Å²) < 4.78 is 5.42. The van der Waals surface area contributed by atoms with Crippen molar-refractivity contribution in [2.24, 2.45) is 0 Å². The molecule has 1 aliphatic rings. The quantitative estimate of drug-likeness (QED) is 0.546. The van der Waals surface area contributed by atoms with Gasteiger partial charge in [0.05, 0.1) is 24.6 Å². The minimum Gasteiger partial charge on any atom is -0.494 e. The lowest BCUT2D eigenvalue weighted by molar-refractivity contribution is -0.130. The van der Waals surface area contributed by atoms with Gasteiger partial charge < -0.3 is 10.1 Å². The average Bonchev–Trinajstić information content (AvgIpc) is 2.95. The van der Waals surface area contributed by atoms with Gasteiger partial charge in [-0.25, -0.2) is 5.01 Å². The standard InChI is InChI=1S/C28H29N3O4/c1-4-35-21-15-13-20(14-16-21)17-26(32)29-19(3)27(33)30-31-25-12-8-7-11-24(25)23-10-6-5-9-22(23)18(2)28(31)34/h5-16,18-19H,4,17H2,1-3H3,(H,29,32)(H,30,33)/t18?,19-/m0/s1. The molecule has 7 heteroatoms. The summed E-state index contributed by atoms with van der Waals surface area (Å²) in [6.45, 7) is 5.90. The Morgan fingerprint density at radius 2 is 1.63 bits per heavy atom. The van der Waals surface area contributed by atoms with E-state index < -0.39 is 17.9 Å². The molecule has 3 amide bonds. The second kappa shape index (κ2) is 10.4. The normalized spacial score (nSPS) is 15.3. The van der Waals surface area contributed by atoms with Gasteiger partial charge in [-0.05, 0) is 55.7 Å². The van der Waals surface area contributed by atoms with Crippen molar-refractivity contribution in [3.8, 4) is 16.9 Å². The number of hydrogen-bond acceptors (Lipinski definition) is 4. The smallest absolute Gasteiger partial charge is 0.261 e. The number of fused-ring (bicyclic) bond motifs is 3. The minimum atomic E-state index is -0.842. The third-order valence-corrected chi connectivity index (χ3v) is 6.05. The molecule has 35 heavy (non-hydrogen) atoms. The Balaban J connectivity index is 1.47. The summed E-state index contributed by atoms with van der Waals surface area (Å²) >= 11 is 0. The Bertz CT molecular complexity index is 1240. The van der Waals surface area contributed by atoms with E-state index in [2.05, 4.69) is 10.7 Å². The van der Waals surface area contributed by atoms with Crippen LogP contribution in [0.15, 0.2) is 72.8 Å². The number of nitrogens with zero attached hydrogens (tertiary/aromatic N) is 1. The number of hydrazine groups is 1. The third kappa shape index (κ3) is 5.19. The van der Waals surface area contributed by atoms with Crippen LogP contribution in [-0.2, 0) is 20.8 Å². The van der Waals surface area contributed by atoms with Crippen LogP contribution in [0, 0.1) is 0 Å². The first-order valence-electron chi connectivity index (χ1n) is 11.7. The second-order valence-corrected chi connectivity index (χ2v) is 8.52. The van der Waals surface area contributed by atoms with Crippen molar-refractivity contribution in [1.29, 1.82) is 0 Å². The highest BCUT2D eigenvalue weighted by molar-refractivity contribution is 6.06. The van der Waals surface area contributed by atoms with Crippen molar-refractivity contribution in [3.63, 3.8) is 0 Å². The fourth-order valence-corrected chi connectivity index (χ4v) is 4.20. The highest BCUT2D eigenvalue weighted by Crippen LogP contribution is 2.39. The number of carbonyl (C=O) groups excluding carboxylic acids is 3. The SMILES string of the molecule is CCOc1ccc(CC(=O)N[C@@H](C)C(=O)NN2C(=O)C(C)c3ccccc3-c3ccccc32)cc1. The first-order valence-corrected chi connectivity index (χ1v) is 11.7. The van der Waals surface area contributed by atoms with Gasteiger partial charge in [0.1, 0.15) is 11.8 Å². The molecule has 0 bridgehead atoms. The molecule has 0 spiro atoms. The third-order valence-electron chi connectivity index (χ3n) is 6.05. The number of para-hydroxylation sites is 1. The first kappa shape index (κ1) is 24.0. The van der Waals surface area contributed by atoms with Crippen LogP contribution in [0.4, 0.5) is 5.69 Å². The van der Waals surface area contributed by atoms with Gasteiger partial charge in [-0.15, -0.1) is 0 Å². The van der Waals surface area contributed by atoms with E-state index in [0.29, 0.717) is 12.3 Å². The maximum absolute atomic E-state index is 13.4. The van der Waals surface area contributed by atoms with E-state index in [0.717, 1.165) is 28.0 Å². The molecule has 0 aliphatic carbocycles. The van der Waals surface area contributed by atoms with Crippen molar-refractivity contribution >= 4 is 23.4 Å². The average molecular weight is 472 g/mol. The van der Waals surface area contributed by atoms with E-state index >= 15 is 0 Å². The number of anilines is 1. The molecule has 7 nitrogen and oxygen atoms in total. The molecule has 4 rings (SSSR count). The van der Waals surface area contributed by atoms with Crippen molar-refractivity contribution in [2.45, 2.75) is 39.2 Å². The molecule has 1 aliphatic heterocycles. The zero-order chi connectivity index (χ0) is 24.9. The topological polar surface area (TPSA) is 87.7 Å². The highest BCUT2D eigenvalue weighted by atomic mass is 16.5. The first-order chi connectivity index (χ1) is 16.9. The predicted octanol–water partition coefficient (Wildman–Crippen LogP) is 3.98. The highest BCUT2D eigenvalue weighted by Gasteiger charge is 2.33. The molecule has 0 aromatic heterocycles. The van der Waals surface area contributed by atoms with Crippen LogP contribution >= 0.6 is 0 Å². The number of nitrogens with one attached hydrogen (secondary N) is 2. The molecule has 0 fully saturated rings. The Kier molecular flexibility index (Phi) is 7.15. The molecule has 0 saturated heterocycles. The molecule has 2 atom stereocenters. The van der Waals surface area contributed by atoms with Crippen molar-refractivity contribution in [3.05, 3.63) is 83.9 Å². The molecule has 1 unspecified atom stereocenters. The number of carbonyl (C=O) groups is 3. The maximum atomic E-state index is 13.4. The van der Waals surface area contributed by atoms with E-state index in [4.69, 9.17) is 4.74 Å². The van der Waals surface area contributed by atoms with E-state index in [1.54, 1.807) is 13.0 Å². The molecule has 1 heterocycles. The van der Waals surface area contributed by atoms with Gasteiger partial charge in [-0.1, -0.05) is 54.6 Å². The fourth-order valence-electron chi connectivity index (χ4n) is 4.20.